The van der Waals surface area contributed by atoms with Crippen molar-refractivity contribution in [2.75, 3.05) is 13.2 Å². The van der Waals surface area contributed by atoms with Gasteiger partial charge in [0.25, 0.3) is 0 Å². The number of amides is 1. The minimum absolute atomic E-state index is 0.0432. The number of hydrogen-bond acceptors (Lipinski definition) is 3. The molecule has 0 heterocycles. The quantitative estimate of drug-likeness (QED) is 0.641. The molecule has 0 spiro atoms. The average Bonchev–Trinajstić information content (AvgIpc) is 2.33. The van der Waals surface area contributed by atoms with Crippen molar-refractivity contribution in [3.8, 4) is 0 Å². The molecule has 0 fully saturated rings. The maximum absolute atomic E-state index is 12.1. The summed E-state index contributed by atoms with van der Waals surface area (Å²) in [5, 5.41) is 3.09. The normalized spacial score (nSPS) is 16.2. The first-order chi connectivity index (χ1) is 8.88. The second kappa shape index (κ2) is 10.2. The van der Waals surface area contributed by atoms with E-state index in [1.165, 1.54) is 0 Å². The van der Waals surface area contributed by atoms with Crippen LogP contribution in [0, 0.1) is 11.8 Å². The Labute approximate surface area is 118 Å². The zero-order chi connectivity index (χ0) is 14.8. The van der Waals surface area contributed by atoms with Gasteiger partial charge in [0.1, 0.15) is 0 Å². The van der Waals surface area contributed by atoms with Gasteiger partial charge in [-0.2, -0.15) is 0 Å². The molecule has 114 valence electrons. The summed E-state index contributed by atoms with van der Waals surface area (Å²) < 4.78 is 5.42. The Kier molecular flexibility index (Phi) is 9.88. The minimum Gasteiger partial charge on any atom is -0.380 e. The lowest BCUT2D eigenvalue weighted by Gasteiger charge is -2.24. The first-order valence-corrected chi connectivity index (χ1v) is 7.52. The van der Waals surface area contributed by atoms with Gasteiger partial charge in [-0.15, -0.1) is 0 Å². The molecular weight excluding hydrogens is 240 g/mol. The maximum Gasteiger partial charge on any atom is 0.223 e. The lowest BCUT2D eigenvalue weighted by Crippen LogP contribution is -2.44. The molecule has 0 saturated carbocycles. The Hall–Kier alpha value is -0.610. The van der Waals surface area contributed by atoms with Crippen molar-refractivity contribution < 1.29 is 9.53 Å². The van der Waals surface area contributed by atoms with E-state index >= 15 is 0 Å². The van der Waals surface area contributed by atoms with E-state index in [0.717, 1.165) is 19.3 Å². The van der Waals surface area contributed by atoms with Crippen LogP contribution in [0.4, 0.5) is 0 Å². The van der Waals surface area contributed by atoms with Gasteiger partial charge in [0.05, 0.1) is 12.6 Å². The zero-order valence-corrected chi connectivity index (χ0v) is 13.2. The maximum atomic E-state index is 12.1. The molecule has 0 aromatic rings. The lowest BCUT2D eigenvalue weighted by atomic mass is 9.99. The molecule has 3 atom stereocenters. The highest BCUT2D eigenvalue weighted by Crippen LogP contribution is 2.11. The molecule has 0 bridgehead atoms. The number of carbonyl (C=O) groups is 1. The fourth-order valence-electron chi connectivity index (χ4n) is 1.85. The van der Waals surface area contributed by atoms with E-state index in [1.807, 2.05) is 20.8 Å². The Bertz CT molecular complexity index is 242. The van der Waals surface area contributed by atoms with Gasteiger partial charge in [-0.05, 0) is 32.6 Å². The van der Waals surface area contributed by atoms with Crippen molar-refractivity contribution in [3.05, 3.63) is 0 Å². The Morgan fingerprint density at radius 2 is 1.84 bits per heavy atom. The summed E-state index contributed by atoms with van der Waals surface area (Å²) in [6, 6.07) is 0.319. The van der Waals surface area contributed by atoms with Crippen molar-refractivity contribution >= 4 is 5.91 Å². The lowest BCUT2D eigenvalue weighted by molar-refractivity contribution is -0.126. The van der Waals surface area contributed by atoms with Gasteiger partial charge in [-0.3, -0.25) is 4.79 Å². The van der Waals surface area contributed by atoms with Gasteiger partial charge in [0.2, 0.25) is 5.91 Å². The van der Waals surface area contributed by atoms with Crippen LogP contribution in [0.3, 0.4) is 0 Å². The zero-order valence-electron chi connectivity index (χ0n) is 13.2. The van der Waals surface area contributed by atoms with E-state index in [-0.39, 0.29) is 23.9 Å². The second-order valence-electron chi connectivity index (χ2n) is 5.83. The fourth-order valence-corrected chi connectivity index (χ4v) is 1.85. The van der Waals surface area contributed by atoms with Gasteiger partial charge in [-0.25, -0.2) is 0 Å². The van der Waals surface area contributed by atoms with Gasteiger partial charge >= 0.3 is 0 Å². The number of ether oxygens (including phenoxy) is 1. The summed E-state index contributed by atoms with van der Waals surface area (Å²) >= 11 is 0. The van der Waals surface area contributed by atoms with Crippen molar-refractivity contribution in [3.63, 3.8) is 0 Å². The molecule has 0 aromatic heterocycles. The third kappa shape index (κ3) is 9.00. The molecule has 0 rings (SSSR count). The summed E-state index contributed by atoms with van der Waals surface area (Å²) in [6.07, 6.45) is 2.88. The van der Waals surface area contributed by atoms with Crippen molar-refractivity contribution in [1.82, 2.24) is 5.32 Å². The predicted octanol–water partition coefficient (Wildman–Crippen LogP) is 2.32. The third-order valence-electron chi connectivity index (χ3n) is 3.38. The van der Waals surface area contributed by atoms with Gasteiger partial charge in [0.15, 0.2) is 0 Å². The molecule has 3 N–H and O–H groups in total. The summed E-state index contributed by atoms with van der Waals surface area (Å²) in [4.78, 5) is 12.1. The van der Waals surface area contributed by atoms with Gasteiger partial charge in [-0.1, -0.05) is 27.2 Å². The van der Waals surface area contributed by atoms with Crippen LogP contribution in [0.2, 0.25) is 0 Å². The fraction of sp³-hybridized carbons (Fsp3) is 0.933. The van der Waals surface area contributed by atoms with Crippen LogP contribution in [0.1, 0.15) is 53.9 Å². The van der Waals surface area contributed by atoms with Crippen molar-refractivity contribution in [2.45, 2.75) is 66.0 Å². The Morgan fingerprint density at radius 1 is 1.21 bits per heavy atom. The summed E-state index contributed by atoms with van der Waals surface area (Å²) in [5.41, 5.74) is 5.71. The minimum atomic E-state index is 0.0432. The number of nitrogens with one attached hydrogen (secondary N) is 1. The summed E-state index contributed by atoms with van der Waals surface area (Å²) in [7, 11) is 0. The molecule has 1 amide bonds. The van der Waals surface area contributed by atoms with Crippen LogP contribution in [0.15, 0.2) is 0 Å². The van der Waals surface area contributed by atoms with Gasteiger partial charge in [0, 0.05) is 18.6 Å². The molecule has 0 aromatic carbocycles. The first kappa shape index (κ1) is 18.4. The molecule has 4 heteroatoms. The van der Waals surface area contributed by atoms with Crippen LogP contribution in [0.5, 0.6) is 0 Å². The number of carbonyl (C=O) groups excluding carboxylic acids is 1. The molecule has 0 saturated heterocycles. The smallest absolute Gasteiger partial charge is 0.223 e. The van der Waals surface area contributed by atoms with Crippen LogP contribution >= 0.6 is 0 Å². The van der Waals surface area contributed by atoms with Crippen LogP contribution < -0.4 is 11.1 Å². The number of nitrogens with two attached hydrogens (primary N) is 1. The predicted molar refractivity (Wildman–Crippen MR) is 79.9 cm³/mol. The topological polar surface area (TPSA) is 64.3 Å². The SMILES string of the molecule is CCOCC(NC(=O)C(C)CCCC(C)N)C(C)C. The average molecular weight is 272 g/mol. The van der Waals surface area contributed by atoms with E-state index in [4.69, 9.17) is 10.5 Å². The van der Waals surface area contributed by atoms with Crippen LogP contribution in [-0.2, 0) is 9.53 Å². The molecule has 0 aliphatic carbocycles. The van der Waals surface area contributed by atoms with E-state index < -0.39 is 0 Å². The van der Waals surface area contributed by atoms with E-state index in [1.54, 1.807) is 0 Å². The molecule has 0 aliphatic heterocycles. The number of rotatable bonds is 10. The highest BCUT2D eigenvalue weighted by Gasteiger charge is 2.20. The van der Waals surface area contributed by atoms with Gasteiger partial charge < -0.3 is 15.8 Å². The van der Waals surface area contributed by atoms with Crippen LogP contribution in [-0.4, -0.2) is 31.2 Å². The molecule has 19 heavy (non-hydrogen) atoms. The molecule has 3 unspecified atom stereocenters. The van der Waals surface area contributed by atoms with Crippen molar-refractivity contribution in [2.24, 2.45) is 17.6 Å². The summed E-state index contributed by atoms with van der Waals surface area (Å²) in [5.74, 6) is 0.552. The Balaban J connectivity index is 4.08. The molecular formula is C15H32N2O2. The highest BCUT2D eigenvalue weighted by molar-refractivity contribution is 5.78. The standard InChI is InChI=1S/C15H32N2O2/c1-6-19-10-14(11(2)3)17-15(18)12(4)8-7-9-13(5)16/h11-14H,6-10,16H2,1-5H3,(H,17,18). The molecule has 4 nitrogen and oxygen atoms in total. The largest absolute Gasteiger partial charge is 0.380 e. The summed E-state index contributed by atoms with van der Waals surface area (Å²) in [6.45, 7) is 11.4. The highest BCUT2D eigenvalue weighted by atomic mass is 16.5. The van der Waals surface area contributed by atoms with E-state index in [2.05, 4.69) is 19.2 Å². The molecule has 0 radical (unpaired) electrons. The monoisotopic (exact) mass is 272 g/mol. The molecule has 0 aliphatic rings. The first-order valence-electron chi connectivity index (χ1n) is 7.52. The van der Waals surface area contributed by atoms with Crippen LogP contribution in [0.25, 0.3) is 0 Å². The van der Waals surface area contributed by atoms with E-state index in [9.17, 15) is 4.79 Å². The number of hydrogen-bond donors (Lipinski definition) is 2. The second-order valence-corrected chi connectivity index (χ2v) is 5.83. The van der Waals surface area contributed by atoms with E-state index in [0.29, 0.717) is 19.1 Å². The Morgan fingerprint density at radius 3 is 2.32 bits per heavy atom. The third-order valence-corrected chi connectivity index (χ3v) is 3.38. The van der Waals surface area contributed by atoms with Crippen molar-refractivity contribution in [1.29, 1.82) is 0 Å².